The van der Waals surface area contributed by atoms with Gasteiger partial charge in [0.15, 0.2) is 6.10 Å². The SMILES string of the molecule is Cc1cc(O[C@H](C)C(=O)N(C)Cc2nnc(-c3ccc(C(C)(C)C)cc3)o2)ccc1Cl. The van der Waals surface area contributed by atoms with E-state index >= 15 is 0 Å². The summed E-state index contributed by atoms with van der Waals surface area (Å²) in [5.74, 6) is 1.19. The highest BCUT2D eigenvalue weighted by atomic mass is 35.5. The quantitative estimate of drug-likeness (QED) is 0.510. The van der Waals surface area contributed by atoms with Crippen molar-refractivity contribution < 1.29 is 13.9 Å². The molecule has 3 rings (SSSR count). The highest BCUT2D eigenvalue weighted by Crippen LogP contribution is 2.26. The fraction of sp³-hybridized carbons (Fsp3) is 0.375. The standard InChI is InChI=1S/C24H28ClN3O3/c1-15-13-19(11-12-20(15)25)30-16(2)23(29)28(6)14-21-26-27-22(31-21)17-7-9-18(10-8-17)24(3,4)5/h7-13,16H,14H2,1-6H3/t16-/m1/s1. The largest absolute Gasteiger partial charge is 0.481 e. The number of carbonyl (C=O) groups excluding carboxylic acids is 1. The Morgan fingerprint density at radius 3 is 2.45 bits per heavy atom. The van der Waals surface area contributed by atoms with Crippen molar-refractivity contribution in [2.75, 3.05) is 7.05 Å². The van der Waals surface area contributed by atoms with Crippen LogP contribution in [0.4, 0.5) is 0 Å². The number of benzene rings is 2. The third-order valence-electron chi connectivity index (χ3n) is 5.00. The molecule has 0 bridgehead atoms. The van der Waals surface area contributed by atoms with Gasteiger partial charge >= 0.3 is 0 Å². The molecule has 1 amide bonds. The van der Waals surface area contributed by atoms with Crippen LogP contribution in [-0.4, -0.2) is 34.2 Å². The van der Waals surface area contributed by atoms with Crippen LogP contribution >= 0.6 is 11.6 Å². The Bertz CT molecular complexity index is 1050. The zero-order chi connectivity index (χ0) is 22.8. The molecule has 1 atom stereocenters. The molecule has 0 aliphatic rings. The fourth-order valence-electron chi connectivity index (χ4n) is 3.08. The van der Waals surface area contributed by atoms with Crippen molar-refractivity contribution in [3.8, 4) is 17.2 Å². The van der Waals surface area contributed by atoms with Gasteiger partial charge in [0, 0.05) is 17.6 Å². The van der Waals surface area contributed by atoms with Gasteiger partial charge in [0.25, 0.3) is 5.91 Å². The number of hydrogen-bond acceptors (Lipinski definition) is 5. The lowest BCUT2D eigenvalue weighted by atomic mass is 9.87. The van der Waals surface area contributed by atoms with Crippen LogP contribution in [0.3, 0.4) is 0 Å². The molecule has 164 valence electrons. The average molecular weight is 442 g/mol. The van der Waals surface area contributed by atoms with Gasteiger partial charge in [-0.1, -0.05) is 44.5 Å². The first-order valence-corrected chi connectivity index (χ1v) is 10.5. The highest BCUT2D eigenvalue weighted by Gasteiger charge is 2.22. The van der Waals surface area contributed by atoms with Gasteiger partial charge in [-0.15, -0.1) is 10.2 Å². The first-order chi connectivity index (χ1) is 14.5. The lowest BCUT2D eigenvalue weighted by molar-refractivity contribution is -0.137. The summed E-state index contributed by atoms with van der Waals surface area (Å²) >= 11 is 6.04. The second-order valence-electron chi connectivity index (χ2n) is 8.69. The van der Waals surface area contributed by atoms with Crippen molar-refractivity contribution in [1.82, 2.24) is 15.1 Å². The highest BCUT2D eigenvalue weighted by molar-refractivity contribution is 6.31. The molecule has 0 N–H and O–H groups in total. The van der Waals surface area contributed by atoms with Gasteiger partial charge in [0.05, 0.1) is 6.54 Å². The lowest BCUT2D eigenvalue weighted by Gasteiger charge is -2.21. The molecule has 0 spiro atoms. The molecule has 0 aliphatic heterocycles. The third kappa shape index (κ3) is 5.64. The number of aromatic nitrogens is 2. The summed E-state index contributed by atoms with van der Waals surface area (Å²) in [6, 6.07) is 13.4. The second kappa shape index (κ2) is 9.10. The van der Waals surface area contributed by atoms with Crippen LogP contribution in [0, 0.1) is 6.92 Å². The molecular weight excluding hydrogens is 414 g/mol. The van der Waals surface area contributed by atoms with E-state index in [0.29, 0.717) is 22.6 Å². The molecule has 0 saturated carbocycles. The molecule has 7 heteroatoms. The smallest absolute Gasteiger partial charge is 0.263 e. The van der Waals surface area contributed by atoms with Gasteiger partial charge in [0.2, 0.25) is 11.8 Å². The molecule has 2 aromatic carbocycles. The summed E-state index contributed by atoms with van der Waals surface area (Å²) in [5, 5.41) is 8.86. The summed E-state index contributed by atoms with van der Waals surface area (Å²) in [7, 11) is 1.68. The van der Waals surface area contributed by atoms with Gasteiger partial charge < -0.3 is 14.1 Å². The second-order valence-corrected chi connectivity index (χ2v) is 9.10. The Hall–Kier alpha value is -2.86. The van der Waals surface area contributed by atoms with Crippen molar-refractivity contribution in [1.29, 1.82) is 0 Å². The van der Waals surface area contributed by atoms with Crippen LogP contribution in [0.25, 0.3) is 11.5 Å². The Morgan fingerprint density at radius 2 is 1.84 bits per heavy atom. The van der Waals surface area contributed by atoms with Crippen LogP contribution in [0.1, 0.15) is 44.7 Å². The molecule has 1 heterocycles. The van der Waals surface area contributed by atoms with Gasteiger partial charge in [-0.3, -0.25) is 4.79 Å². The van der Waals surface area contributed by atoms with Gasteiger partial charge in [0.1, 0.15) is 5.75 Å². The Labute approximate surface area is 188 Å². The minimum Gasteiger partial charge on any atom is -0.481 e. The third-order valence-corrected chi connectivity index (χ3v) is 5.43. The van der Waals surface area contributed by atoms with E-state index < -0.39 is 6.10 Å². The zero-order valence-electron chi connectivity index (χ0n) is 18.8. The Morgan fingerprint density at radius 1 is 1.16 bits per heavy atom. The topological polar surface area (TPSA) is 68.5 Å². The van der Waals surface area contributed by atoms with E-state index in [4.69, 9.17) is 20.8 Å². The summed E-state index contributed by atoms with van der Waals surface area (Å²) in [6.07, 6.45) is -0.669. The molecule has 0 radical (unpaired) electrons. The first-order valence-electron chi connectivity index (χ1n) is 10.2. The predicted octanol–water partition coefficient (Wildman–Crippen LogP) is 5.42. The number of amides is 1. The summed E-state index contributed by atoms with van der Waals surface area (Å²) < 4.78 is 11.5. The number of nitrogens with zero attached hydrogens (tertiary/aromatic N) is 3. The maximum Gasteiger partial charge on any atom is 0.263 e. The molecule has 0 aliphatic carbocycles. The van der Waals surface area contributed by atoms with E-state index in [2.05, 4.69) is 43.1 Å². The van der Waals surface area contributed by atoms with Crippen molar-refractivity contribution in [3.63, 3.8) is 0 Å². The minimum atomic E-state index is -0.669. The number of halogens is 1. The number of rotatable bonds is 6. The summed E-state index contributed by atoms with van der Waals surface area (Å²) in [5.41, 5.74) is 3.04. The maximum atomic E-state index is 12.7. The normalized spacial score (nSPS) is 12.5. The Kier molecular flexibility index (Phi) is 6.70. The van der Waals surface area contributed by atoms with Crippen LogP contribution in [0.15, 0.2) is 46.9 Å². The molecular formula is C24H28ClN3O3. The van der Waals surface area contributed by atoms with E-state index in [0.717, 1.165) is 11.1 Å². The van der Waals surface area contributed by atoms with Crippen LogP contribution in [-0.2, 0) is 16.8 Å². The van der Waals surface area contributed by atoms with Gasteiger partial charge in [-0.2, -0.15) is 0 Å². The predicted molar refractivity (Wildman–Crippen MR) is 121 cm³/mol. The van der Waals surface area contributed by atoms with E-state index in [1.807, 2.05) is 19.1 Å². The zero-order valence-corrected chi connectivity index (χ0v) is 19.5. The van der Waals surface area contributed by atoms with Crippen molar-refractivity contribution in [2.24, 2.45) is 0 Å². The van der Waals surface area contributed by atoms with E-state index in [9.17, 15) is 4.79 Å². The first kappa shape index (κ1) is 22.8. The molecule has 6 nitrogen and oxygen atoms in total. The van der Waals surface area contributed by atoms with E-state index in [1.54, 1.807) is 32.2 Å². The summed E-state index contributed by atoms with van der Waals surface area (Å²) in [6.45, 7) is 10.3. The van der Waals surface area contributed by atoms with Crippen LogP contribution in [0.2, 0.25) is 5.02 Å². The number of aryl methyl sites for hydroxylation is 1. The number of ether oxygens (including phenoxy) is 1. The fourth-order valence-corrected chi connectivity index (χ4v) is 3.20. The number of carbonyl (C=O) groups is 1. The number of likely N-dealkylation sites (N-methyl/N-ethyl adjacent to an activating group) is 1. The summed E-state index contributed by atoms with van der Waals surface area (Å²) in [4.78, 5) is 14.2. The molecule has 0 saturated heterocycles. The molecule has 0 unspecified atom stereocenters. The van der Waals surface area contributed by atoms with Crippen molar-refractivity contribution >= 4 is 17.5 Å². The van der Waals surface area contributed by atoms with Crippen molar-refractivity contribution in [3.05, 3.63) is 64.5 Å². The molecule has 0 fully saturated rings. The minimum absolute atomic E-state index is 0.0745. The molecule has 1 aromatic heterocycles. The Balaban J connectivity index is 1.62. The van der Waals surface area contributed by atoms with E-state index in [1.165, 1.54) is 10.5 Å². The maximum absolute atomic E-state index is 12.7. The average Bonchev–Trinajstić information content (AvgIpc) is 3.18. The van der Waals surface area contributed by atoms with Gasteiger partial charge in [-0.25, -0.2) is 0 Å². The van der Waals surface area contributed by atoms with Crippen molar-refractivity contribution in [2.45, 2.75) is 52.7 Å². The lowest BCUT2D eigenvalue weighted by Crippen LogP contribution is -2.37. The monoisotopic (exact) mass is 441 g/mol. The van der Waals surface area contributed by atoms with Gasteiger partial charge in [-0.05, 0) is 60.7 Å². The van der Waals surface area contributed by atoms with E-state index in [-0.39, 0.29) is 17.9 Å². The molecule has 31 heavy (non-hydrogen) atoms. The van der Waals surface area contributed by atoms with Crippen LogP contribution < -0.4 is 4.74 Å². The van der Waals surface area contributed by atoms with Crippen LogP contribution in [0.5, 0.6) is 5.75 Å². The number of hydrogen-bond donors (Lipinski definition) is 0. The molecule has 3 aromatic rings.